The van der Waals surface area contributed by atoms with Crippen LogP contribution in [0.15, 0.2) is 18.2 Å². The van der Waals surface area contributed by atoms with Gasteiger partial charge in [0.25, 0.3) is 5.91 Å². The van der Waals surface area contributed by atoms with E-state index in [0.717, 1.165) is 9.75 Å². The number of thiophene rings is 1. The van der Waals surface area contributed by atoms with Crippen LogP contribution in [0.4, 0.5) is 8.78 Å². The zero-order valence-corrected chi connectivity index (χ0v) is 13.1. The quantitative estimate of drug-likeness (QED) is 0.886. The van der Waals surface area contributed by atoms with Crippen molar-refractivity contribution >= 4 is 17.2 Å². The van der Waals surface area contributed by atoms with Crippen molar-refractivity contribution in [2.24, 2.45) is 0 Å². The fourth-order valence-corrected chi connectivity index (χ4v) is 2.99. The highest BCUT2D eigenvalue weighted by atomic mass is 32.1. The van der Waals surface area contributed by atoms with E-state index in [4.69, 9.17) is 5.11 Å². The summed E-state index contributed by atoms with van der Waals surface area (Å²) in [5, 5.41) is 12.8. The number of aliphatic hydroxyl groups is 1. The van der Waals surface area contributed by atoms with E-state index in [1.54, 1.807) is 11.3 Å². The summed E-state index contributed by atoms with van der Waals surface area (Å²) in [7, 11) is 0. The molecule has 2 rings (SSSR count). The minimum atomic E-state index is -2.78. The normalized spacial score (nSPS) is 11.2. The minimum Gasteiger partial charge on any atom is -0.395 e. The Morgan fingerprint density at radius 3 is 2.68 bits per heavy atom. The number of hydrogen-bond acceptors (Lipinski definition) is 4. The lowest BCUT2D eigenvalue weighted by Gasteiger charge is -2.19. The van der Waals surface area contributed by atoms with Gasteiger partial charge in [0.1, 0.15) is 0 Å². The SMILES string of the molecule is Cc1ccc(CN(CCO)C(=O)c2cc(C)n(C(F)F)n2)s1. The molecule has 2 aromatic rings. The Morgan fingerprint density at radius 1 is 1.45 bits per heavy atom. The number of aliphatic hydroxyl groups excluding tert-OH is 1. The van der Waals surface area contributed by atoms with Crippen molar-refractivity contribution in [2.45, 2.75) is 26.9 Å². The lowest BCUT2D eigenvalue weighted by Crippen LogP contribution is -2.33. The Morgan fingerprint density at radius 2 is 2.18 bits per heavy atom. The zero-order valence-electron chi connectivity index (χ0n) is 12.3. The molecule has 0 aromatic carbocycles. The van der Waals surface area contributed by atoms with Gasteiger partial charge in [0.15, 0.2) is 5.69 Å². The average molecular weight is 329 g/mol. The Bertz CT molecular complexity index is 654. The third-order valence-corrected chi connectivity index (χ3v) is 4.11. The van der Waals surface area contributed by atoms with Gasteiger partial charge in [-0.25, -0.2) is 4.68 Å². The number of rotatable bonds is 6. The van der Waals surface area contributed by atoms with E-state index in [-0.39, 0.29) is 24.5 Å². The van der Waals surface area contributed by atoms with Crippen molar-refractivity contribution < 1.29 is 18.7 Å². The predicted octanol–water partition coefficient (Wildman–Crippen LogP) is 2.59. The van der Waals surface area contributed by atoms with Crippen LogP contribution in [0.5, 0.6) is 0 Å². The molecule has 5 nitrogen and oxygen atoms in total. The monoisotopic (exact) mass is 329 g/mol. The third kappa shape index (κ3) is 3.69. The highest BCUT2D eigenvalue weighted by Gasteiger charge is 2.22. The lowest BCUT2D eigenvalue weighted by molar-refractivity contribution is 0.0528. The number of halogens is 2. The van der Waals surface area contributed by atoms with Crippen LogP contribution >= 0.6 is 11.3 Å². The van der Waals surface area contributed by atoms with Gasteiger partial charge >= 0.3 is 6.55 Å². The Labute approximate surface area is 130 Å². The number of amides is 1. The summed E-state index contributed by atoms with van der Waals surface area (Å²) >= 11 is 1.55. The van der Waals surface area contributed by atoms with Crippen LogP contribution in [-0.4, -0.2) is 38.8 Å². The Hall–Kier alpha value is -1.80. The molecule has 0 fully saturated rings. The molecular formula is C14H17F2N3O2S. The maximum Gasteiger partial charge on any atom is 0.333 e. The number of alkyl halides is 2. The molecule has 1 N–H and O–H groups in total. The van der Waals surface area contributed by atoms with Crippen molar-refractivity contribution in [1.29, 1.82) is 0 Å². The lowest BCUT2D eigenvalue weighted by atomic mass is 10.3. The van der Waals surface area contributed by atoms with Gasteiger partial charge in [-0.05, 0) is 32.0 Å². The van der Waals surface area contributed by atoms with Gasteiger partial charge in [0.2, 0.25) is 0 Å². The number of carbonyl (C=O) groups is 1. The number of hydrogen-bond donors (Lipinski definition) is 1. The van der Waals surface area contributed by atoms with Gasteiger partial charge in [-0.15, -0.1) is 11.3 Å². The first-order valence-corrected chi connectivity index (χ1v) is 7.53. The summed E-state index contributed by atoms with van der Waals surface area (Å²) in [6.07, 6.45) is 0. The second-order valence-electron chi connectivity index (χ2n) is 4.86. The van der Waals surface area contributed by atoms with Crippen molar-refractivity contribution in [1.82, 2.24) is 14.7 Å². The van der Waals surface area contributed by atoms with Crippen LogP contribution in [0.3, 0.4) is 0 Å². The van der Waals surface area contributed by atoms with E-state index in [0.29, 0.717) is 11.2 Å². The van der Waals surface area contributed by atoms with E-state index in [9.17, 15) is 13.6 Å². The van der Waals surface area contributed by atoms with Gasteiger partial charge in [0, 0.05) is 22.0 Å². The third-order valence-electron chi connectivity index (χ3n) is 3.13. The van der Waals surface area contributed by atoms with E-state index in [1.807, 2.05) is 19.1 Å². The molecule has 8 heteroatoms. The highest BCUT2D eigenvalue weighted by Crippen LogP contribution is 2.19. The molecule has 0 aliphatic heterocycles. The first kappa shape index (κ1) is 16.6. The first-order valence-electron chi connectivity index (χ1n) is 6.72. The molecule has 0 saturated heterocycles. The summed E-state index contributed by atoms with van der Waals surface area (Å²) in [6.45, 7) is 0.877. The largest absolute Gasteiger partial charge is 0.395 e. The number of carbonyl (C=O) groups excluding carboxylic acids is 1. The topological polar surface area (TPSA) is 58.4 Å². The molecule has 22 heavy (non-hydrogen) atoms. The van der Waals surface area contributed by atoms with Crippen LogP contribution in [0, 0.1) is 13.8 Å². The molecule has 0 bridgehead atoms. The number of aryl methyl sites for hydroxylation is 2. The summed E-state index contributed by atoms with van der Waals surface area (Å²) in [4.78, 5) is 15.9. The second-order valence-corrected chi connectivity index (χ2v) is 6.23. The standard InChI is InChI=1S/C14H17F2N3O2S/c1-9-7-12(17-19(9)14(15)16)13(21)18(5-6-20)8-11-4-3-10(2)22-11/h3-4,7,14,20H,5-6,8H2,1-2H3. The summed E-state index contributed by atoms with van der Waals surface area (Å²) < 4.78 is 26.0. The first-order chi connectivity index (χ1) is 10.4. The van der Waals surface area contributed by atoms with E-state index >= 15 is 0 Å². The maximum absolute atomic E-state index is 12.7. The van der Waals surface area contributed by atoms with Crippen LogP contribution in [0.1, 0.15) is 32.5 Å². The van der Waals surface area contributed by atoms with Crippen LogP contribution in [0.2, 0.25) is 0 Å². The molecule has 2 aromatic heterocycles. The molecule has 0 unspecified atom stereocenters. The van der Waals surface area contributed by atoms with Crippen molar-refractivity contribution in [3.05, 3.63) is 39.3 Å². The maximum atomic E-state index is 12.7. The van der Waals surface area contributed by atoms with Gasteiger partial charge in [-0.2, -0.15) is 13.9 Å². The van der Waals surface area contributed by atoms with Gasteiger partial charge in [0.05, 0.1) is 13.2 Å². The van der Waals surface area contributed by atoms with Gasteiger partial charge < -0.3 is 10.0 Å². The smallest absolute Gasteiger partial charge is 0.333 e. The average Bonchev–Trinajstić information content (AvgIpc) is 3.03. The van der Waals surface area contributed by atoms with Gasteiger partial charge in [-0.3, -0.25) is 4.79 Å². The number of aromatic nitrogens is 2. The van der Waals surface area contributed by atoms with Crippen molar-refractivity contribution in [3.8, 4) is 0 Å². The molecule has 1 amide bonds. The van der Waals surface area contributed by atoms with Crippen LogP contribution in [0.25, 0.3) is 0 Å². The van der Waals surface area contributed by atoms with Crippen molar-refractivity contribution in [2.75, 3.05) is 13.2 Å². The molecule has 0 radical (unpaired) electrons. The molecule has 0 saturated carbocycles. The van der Waals surface area contributed by atoms with E-state index in [2.05, 4.69) is 5.10 Å². The van der Waals surface area contributed by atoms with Crippen molar-refractivity contribution in [3.63, 3.8) is 0 Å². The molecule has 0 atom stereocenters. The second kappa shape index (κ2) is 6.97. The molecular weight excluding hydrogens is 312 g/mol. The fourth-order valence-electron chi connectivity index (χ4n) is 2.08. The Kier molecular flexibility index (Phi) is 5.25. The van der Waals surface area contributed by atoms with Gasteiger partial charge in [-0.1, -0.05) is 0 Å². The minimum absolute atomic E-state index is 0.0421. The molecule has 2 heterocycles. The summed E-state index contributed by atoms with van der Waals surface area (Å²) in [6, 6.07) is 5.18. The highest BCUT2D eigenvalue weighted by molar-refractivity contribution is 7.11. The fraction of sp³-hybridized carbons (Fsp3) is 0.429. The van der Waals surface area contributed by atoms with E-state index < -0.39 is 12.5 Å². The molecule has 120 valence electrons. The predicted molar refractivity (Wildman–Crippen MR) is 79.1 cm³/mol. The summed E-state index contributed by atoms with van der Waals surface area (Å²) in [5.41, 5.74) is 0.175. The molecule has 0 aliphatic carbocycles. The Balaban J connectivity index is 2.20. The van der Waals surface area contributed by atoms with Crippen LogP contribution in [-0.2, 0) is 6.54 Å². The van der Waals surface area contributed by atoms with E-state index in [1.165, 1.54) is 17.9 Å². The molecule has 0 spiro atoms. The summed E-state index contributed by atoms with van der Waals surface area (Å²) in [5.74, 6) is -0.470. The molecule has 0 aliphatic rings. The van der Waals surface area contributed by atoms with Crippen LogP contribution < -0.4 is 0 Å². The number of nitrogens with zero attached hydrogens (tertiary/aromatic N) is 3. The zero-order chi connectivity index (χ0) is 16.3.